The first-order chi connectivity index (χ1) is 11.5. The maximum atomic E-state index is 12.2. The first kappa shape index (κ1) is 16.1. The Balaban J connectivity index is 1.74. The Bertz CT molecular complexity index is 971. The third-order valence-corrected chi connectivity index (χ3v) is 3.93. The number of hydrogen-bond donors (Lipinski definition) is 3. The molecule has 0 saturated heterocycles. The summed E-state index contributed by atoms with van der Waals surface area (Å²) in [6, 6.07) is 7.50. The fourth-order valence-electron chi connectivity index (χ4n) is 2.26. The Morgan fingerprint density at radius 3 is 2.75 bits per heavy atom. The number of amides is 2. The average molecular weight is 393 g/mol. The van der Waals surface area contributed by atoms with Gasteiger partial charge in [0.15, 0.2) is 5.58 Å². The molecule has 0 bridgehead atoms. The molecule has 0 spiro atoms. The number of nitrogens with zero attached hydrogens (tertiary/aromatic N) is 1. The van der Waals surface area contributed by atoms with E-state index < -0.39 is 23.6 Å². The molecule has 2 heterocycles. The smallest absolute Gasteiger partial charge is 0.408 e. The first-order valence-corrected chi connectivity index (χ1v) is 7.81. The van der Waals surface area contributed by atoms with E-state index in [1.165, 1.54) is 11.5 Å². The van der Waals surface area contributed by atoms with Crippen LogP contribution in [0, 0.1) is 0 Å². The summed E-state index contributed by atoms with van der Waals surface area (Å²) in [5.41, 5.74) is 5.75. The molecule has 1 unspecified atom stereocenters. The molecule has 3 N–H and O–H groups in total. The van der Waals surface area contributed by atoms with Crippen LogP contribution in [0.1, 0.15) is 23.5 Å². The molecule has 24 heavy (non-hydrogen) atoms. The molecular weight excluding hydrogens is 380 g/mol. The normalized spacial score (nSPS) is 12.1. The number of aromatic nitrogens is 2. The lowest BCUT2D eigenvalue weighted by Gasteiger charge is -2.13. The van der Waals surface area contributed by atoms with Gasteiger partial charge in [-0.1, -0.05) is 12.1 Å². The molecule has 8 nitrogen and oxygen atoms in total. The highest BCUT2D eigenvalue weighted by atomic mass is 79.9. The highest BCUT2D eigenvalue weighted by Gasteiger charge is 2.21. The van der Waals surface area contributed by atoms with Crippen molar-refractivity contribution in [3.8, 4) is 0 Å². The van der Waals surface area contributed by atoms with Crippen molar-refractivity contribution in [2.75, 3.05) is 0 Å². The molecule has 0 aliphatic heterocycles. The maximum absolute atomic E-state index is 12.2. The lowest BCUT2D eigenvalue weighted by atomic mass is 10.2. The standard InChI is InChI=1S/C15H13BrN4O4/c1-8(20-11-4-2-3-5-12(11)24-15(20)23)13(21)18-19-14(22)10-6-9(16)7-17-10/h2-8,17H,1H3,(H,18,21)(H,19,22). The number of para-hydroxylation sites is 2. The third-order valence-electron chi connectivity index (χ3n) is 3.48. The molecule has 3 rings (SSSR count). The molecule has 2 aromatic heterocycles. The lowest BCUT2D eigenvalue weighted by molar-refractivity contribution is -0.124. The van der Waals surface area contributed by atoms with Crippen molar-refractivity contribution >= 4 is 38.8 Å². The van der Waals surface area contributed by atoms with Gasteiger partial charge in [-0.3, -0.25) is 25.0 Å². The molecule has 9 heteroatoms. The molecule has 1 aromatic carbocycles. The number of halogens is 1. The zero-order valence-corrected chi connectivity index (χ0v) is 14.1. The van der Waals surface area contributed by atoms with Crippen LogP contribution in [0.2, 0.25) is 0 Å². The predicted octanol–water partition coefficient (Wildman–Crippen LogP) is 1.71. The van der Waals surface area contributed by atoms with Gasteiger partial charge in [0.1, 0.15) is 11.7 Å². The quantitative estimate of drug-likeness (QED) is 0.589. The van der Waals surface area contributed by atoms with E-state index in [0.29, 0.717) is 15.6 Å². The monoisotopic (exact) mass is 392 g/mol. The molecule has 0 aliphatic carbocycles. The zero-order chi connectivity index (χ0) is 17.3. The minimum atomic E-state index is -0.864. The van der Waals surface area contributed by atoms with Crippen LogP contribution in [0.4, 0.5) is 0 Å². The molecule has 0 radical (unpaired) electrons. The highest BCUT2D eigenvalue weighted by molar-refractivity contribution is 9.10. The van der Waals surface area contributed by atoms with Crippen molar-refractivity contribution < 1.29 is 14.0 Å². The number of fused-ring (bicyclic) bond motifs is 1. The molecule has 0 aliphatic rings. The van der Waals surface area contributed by atoms with Crippen molar-refractivity contribution in [2.45, 2.75) is 13.0 Å². The van der Waals surface area contributed by atoms with Crippen LogP contribution in [-0.4, -0.2) is 21.4 Å². The number of hydrogen-bond acceptors (Lipinski definition) is 4. The number of nitrogens with one attached hydrogen (secondary N) is 3. The SMILES string of the molecule is CC(C(=O)NNC(=O)c1cc(Br)c[nH]1)n1c(=O)oc2ccccc21. The molecule has 2 amide bonds. The number of rotatable bonds is 3. The van der Waals surface area contributed by atoms with E-state index in [4.69, 9.17) is 4.42 Å². The van der Waals surface area contributed by atoms with Crippen molar-refractivity contribution in [2.24, 2.45) is 0 Å². The number of hydrazine groups is 1. The van der Waals surface area contributed by atoms with E-state index in [2.05, 4.69) is 31.8 Å². The van der Waals surface area contributed by atoms with Gasteiger partial charge in [-0.2, -0.15) is 0 Å². The van der Waals surface area contributed by atoms with E-state index in [-0.39, 0.29) is 5.69 Å². The van der Waals surface area contributed by atoms with E-state index in [1.54, 1.807) is 36.5 Å². The summed E-state index contributed by atoms with van der Waals surface area (Å²) >= 11 is 3.21. The summed E-state index contributed by atoms with van der Waals surface area (Å²) in [6.45, 7) is 1.54. The fraction of sp³-hybridized carbons (Fsp3) is 0.133. The van der Waals surface area contributed by atoms with E-state index in [1.807, 2.05) is 0 Å². The minimum Gasteiger partial charge on any atom is -0.408 e. The van der Waals surface area contributed by atoms with Crippen LogP contribution in [-0.2, 0) is 4.79 Å². The predicted molar refractivity (Wildman–Crippen MR) is 89.3 cm³/mol. The molecule has 124 valence electrons. The van der Waals surface area contributed by atoms with E-state index in [9.17, 15) is 14.4 Å². The van der Waals surface area contributed by atoms with Gasteiger partial charge in [-0.15, -0.1) is 0 Å². The van der Waals surface area contributed by atoms with Crippen LogP contribution in [0.15, 0.2) is 50.2 Å². The minimum absolute atomic E-state index is 0.278. The summed E-state index contributed by atoms with van der Waals surface area (Å²) in [6.07, 6.45) is 1.59. The van der Waals surface area contributed by atoms with Gasteiger partial charge in [-0.25, -0.2) is 4.79 Å². The molecule has 0 fully saturated rings. The number of benzene rings is 1. The Morgan fingerprint density at radius 1 is 1.29 bits per heavy atom. The van der Waals surface area contributed by atoms with Crippen LogP contribution in [0.25, 0.3) is 11.1 Å². The van der Waals surface area contributed by atoms with E-state index >= 15 is 0 Å². The summed E-state index contributed by atoms with van der Waals surface area (Å²) in [4.78, 5) is 38.8. The van der Waals surface area contributed by atoms with Crippen LogP contribution >= 0.6 is 15.9 Å². The van der Waals surface area contributed by atoms with Gasteiger partial charge in [-0.05, 0) is 41.1 Å². The number of H-pyrrole nitrogens is 1. The van der Waals surface area contributed by atoms with Crippen LogP contribution in [0.3, 0.4) is 0 Å². The highest BCUT2D eigenvalue weighted by Crippen LogP contribution is 2.16. The van der Waals surface area contributed by atoms with Crippen molar-refractivity contribution in [1.82, 2.24) is 20.4 Å². The molecular formula is C15H13BrN4O4. The number of carbonyl (C=O) groups excluding carboxylic acids is 2. The second-order valence-electron chi connectivity index (χ2n) is 5.06. The van der Waals surface area contributed by atoms with Crippen molar-refractivity contribution in [3.63, 3.8) is 0 Å². The van der Waals surface area contributed by atoms with Gasteiger partial charge >= 0.3 is 5.76 Å². The van der Waals surface area contributed by atoms with Crippen LogP contribution in [0.5, 0.6) is 0 Å². The first-order valence-electron chi connectivity index (χ1n) is 7.01. The summed E-state index contributed by atoms with van der Waals surface area (Å²) in [7, 11) is 0. The third kappa shape index (κ3) is 2.98. The lowest BCUT2D eigenvalue weighted by Crippen LogP contribution is -2.45. The van der Waals surface area contributed by atoms with Gasteiger partial charge in [0, 0.05) is 10.7 Å². The van der Waals surface area contributed by atoms with Crippen molar-refractivity contribution in [1.29, 1.82) is 0 Å². The summed E-state index contributed by atoms with van der Waals surface area (Å²) in [5, 5.41) is 0. The van der Waals surface area contributed by atoms with Gasteiger partial charge < -0.3 is 9.40 Å². The Labute approximate surface area is 143 Å². The number of carbonyl (C=O) groups is 2. The Kier molecular flexibility index (Phi) is 4.26. The van der Waals surface area contributed by atoms with E-state index in [0.717, 1.165) is 0 Å². The van der Waals surface area contributed by atoms with Gasteiger partial charge in [0.05, 0.1) is 5.52 Å². The van der Waals surface area contributed by atoms with Gasteiger partial charge in [0.25, 0.3) is 11.8 Å². The van der Waals surface area contributed by atoms with Crippen LogP contribution < -0.4 is 16.6 Å². The average Bonchev–Trinajstić information content (AvgIpc) is 3.14. The zero-order valence-electron chi connectivity index (χ0n) is 12.5. The Morgan fingerprint density at radius 2 is 2.04 bits per heavy atom. The Hall–Kier alpha value is -2.81. The number of aromatic amines is 1. The molecule has 0 saturated carbocycles. The maximum Gasteiger partial charge on any atom is 0.420 e. The fourth-order valence-corrected chi connectivity index (χ4v) is 2.60. The molecule has 1 atom stereocenters. The number of oxazole rings is 1. The summed E-state index contributed by atoms with van der Waals surface area (Å²) in [5.74, 6) is -1.70. The second kappa shape index (κ2) is 6.36. The second-order valence-corrected chi connectivity index (χ2v) is 5.97. The topological polar surface area (TPSA) is 109 Å². The molecule has 3 aromatic rings. The largest absolute Gasteiger partial charge is 0.420 e. The van der Waals surface area contributed by atoms with Crippen molar-refractivity contribution in [3.05, 3.63) is 57.2 Å². The van der Waals surface area contributed by atoms with Gasteiger partial charge in [0.2, 0.25) is 0 Å². The summed E-state index contributed by atoms with van der Waals surface area (Å²) < 4.78 is 7.03.